The van der Waals surface area contributed by atoms with E-state index >= 15 is 0 Å². The molecule has 1 saturated heterocycles. The highest BCUT2D eigenvalue weighted by molar-refractivity contribution is 7.89. The Balaban J connectivity index is 2.28. The Labute approximate surface area is 124 Å². The summed E-state index contributed by atoms with van der Waals surface area (Å²) in [7, 11) is -3.77. The second-order valence-electron chi connectivity index (χ2n) is 5.32. The molecule has 1 aromatic rings. The smallest absolute Gasteiger partial charge is 0.261 e. The van der Waals surface area contributed by atoms with Gasteiger partial charge in [-0.2, -0.15) is 0 Å². The van der Waals surface area contributed by atoms with E-state index in [1.165, 1.54) is 0 Å². The van der Waals surface area contributed by atoms with Crippen LogP contribution in [0.1, 0.15) is 30.4 Å². The monoisotopic (exact) mass is 312 g/mol. The Morgan fingerprint density at radius 3 is 2.43 bits per heavy atom. The number of carbonyl (C=O) groups is 1. The van der Waals surface area contributed by atoms with Gasteiger partial charge in [0.05, 0.1) is 4.90 Å². The number of primary sulfonamides is 1. The second-order valence-corrected chi connectivity index (χ2v) is 6.82. The van der Waals surface area contributed by atoms with Crippen molar-refractivity contribution >= 4 is 15.9 Å². The second kappa shape index (κ2) is 6.03. The Hall–Kier alpha value is -1.60. The Morgan fingerprint density at radius 2 is 1.86 bits per heavy atom. The van der Waals surface area contributed by atoms with Gasteiger partial charge in [-0.05, 0) is 56.4 Å². The van der Waals surface area contributed by atoms with Gasteiger partial charge in [0.2, 0.25) is 10.0 Å². The first-order valence-corrected chi connectivity index (χ1v) is 8.42. The molecule has 1 aliphatic rings. The Morgan fingerprint density at radius 1 is 1.24 bits per heavy atom. The first kappa shape index (κ1) is 15.8. The quantitative estimate of drug-likeness (QED) is 0.869. The molecule has 6 nitrogen and oxygen atoms in total. The minimum absolute atomic E-state index is 0.111. The van der Waals surface area contributed by atoms with Crippen LogP contribution in [-0.4, -0.2) is 27.0 Å². The molecule has 0 aromatic heterocycles. The number of ether oxygens (including phenoxy) is 1. The van der Waals surface area contributed by atoms with Crippen LogP contribution in [0.25, 0.3) is 0 Å². The number of carbonyl (C=O) groups excluding carboxylic acids is 1. The number of sulfonamides is 1. The van der Waals surface area contributed by atoms with Crippen LogP contribution in [0.15, 0.2) is 17.0 Å². The fraction of sp³-hybridized carbons (Fsp3) is 0.500. The molecule has 7 heteroatoms. The number of aryl methyl sites for hydroxylation is 2. The minimum atomic E-state index is -3.77. The van der Waals surface area contributed by atoms with Crippen LogP contribution < -0.4 is 15.2 Å². The van der Waals surface area contributed by atoms with Crippen molar-refractivity contribution in [3.63, 3.8) is 0 Å². The largest absolute Gasteiger partial charge is 0.481 e. The standard InChI is InChI=1S/C14H20N2O4S/c1-9-7-11(8-10(2)13(9)21(15,18)19)20-12-5-3-4-6-16-14(12)17/h7-8,12H,3-6H2,1-2H3,(H,16,17)(H2,15,18,19). The summed E-state index contributed by atoms with van der Waals surface area (Å²) < 4.78 is 28.8. The van der Waals surface area contributed by atoms with Gasteiger partial charge in [0.15, 0.2) is 6.10 Å². The topological polar surface area (TPSA) is 98.5 Å². The third-order valence-corrected chi connectivity index (χ3v) is 4.69. The van der Waals surface area contributed by atoms with Gasteiger partial charge in [-0.15, -0.1) is 0 Å². The van der Waals surface area contributed by atoms with Crippen molar-refractivity contribution in [3.05, 3.63) is 23.3 Å². The van der Waals surface area contributed by atoms with E-state index in [-0.39, 0.29) is 10.8 Å². The van der Waals surface area contributed by atoms with Crippen molar-refractivity contribution in [1.29, 1.82) is 0 Å². The van der Waals surface area contributed by atoms with Crippen LogP contribution in [0, 0.1) is 13.8 Å². The summed E-state index contributed by atoms with van der Waals surface area (Å²) in [6, 6.07) is 3.20. The third-order valence-electron chi connectivity index (χ3n) is 3.48. The van der Waals surface area contributed by atoms with E-state index in [4.69, 9.17) is 9.88 Å². The molecule has 0 bridgehead atoms. The number of nitrogens with one attached hydrogen (secondary N) is 1. The van der Waals surface area contributed by atoms with E-state index < -0.39 is 16.1 Å². The summed E-state index contributed by atoms with van der Waals surface area (Å²) in [4.78, 5) is 12.0. The van der Waals surface area contributed by atoms with Gasteiger partial charge in [-0.1, -0.05) is 0 Å². The van der Waals surface area contributed by atoms with Gasteiger partial charge < -0.3 is 10.1 Å². The third kappa shape index (κ3) is 3.74. The molecule has 21 heavy (non-hydrogen) atoms. The van der Waals surface area contributed by atoms with Crippen molar-refractivity contribution in [1.82, 2.24) is 5.32 Å². The zero-order valence-corrected chi connectivity index (χ0v) is 13.0. The number of nitrogens with two attached hydrogens (primary N) is 1. The van der Waals surface area contributed by atoms with Gasteiger partial charge in [-0.25, -0.2) is 13.6 Å². The highest BCUT2D eigenvalue weighted by Gasteiger charge is 2.23. The summed E-state index contributed by atoms with van der Waals surface area (Å²) in [6.45, 7) is 3.99. The maximum absolute atomic E-state index is 11.9. The maximum Gasteiger partial charge on any atom is 0.261 e. The zero-order chi connectivity index (χ0) is 15.6. The molecule has 1 aliphatic heterocycles. The lowest BCUT2D eigenvalue weighted by atomic mass is 10.1. The molecule has 1 atom stereocenters. The van der Waals surface area contributed by atoms with Gasteiger partial charge in [0.1, 0.15) is 5.75 Å². The van der Waals surface area contributed by atoms with Crippen molar-refractivity contribution in [3.8, 4) is 5.75 Å². The van der Waals surface area contributed by atoms with Gasteiger partial charge in [0, 0.05) is 6.54 Å². The van der Waals surface area contributed by atoms with Crippen molar-refractivity contribution in [2.75, 3.05) is 6.54 Å². The average molecular weight is 312 g/mol. The van der Waals surface area contributed by atoms with E-state index in [1.54, 1.807) is 26.0 Å². The number of hydrogen-bond donors (Lipinski definition) is 2. The molecule has 0 saturated carbocycles. The fourth-order valence-corrected chi connectivity index (χ4v) is 3.63. The van der Waals surface area contributed by atoms with E-state index in [2.05, 4.69) is 5.32 Å². The Bertz CT molecular complexity index is 632. The van der Waals surface area contributed by atoms with Crippen LogP contribution >= 0.6 is 0 Å². The first-order chi connectivity index (χ1) is 9.79. The van der Waals surface area contributed by atoms with E-state index in [1.807, 2.05) is 0 Å². The highest BCUT2D eigenvalue weighted by Crippen LogP contribution is 2.26. The normalized spacial score (nSPS) is 19.8. The Kier molecular flexibility index (Phi) is 4.53. The van der Waals surface area contributed by atoms with E-state index in [0.717, 1.165) is 12.8 Å². The zero-order valence-electron chi connectivity index (χ0n) is 12.2. The molecule has 0 spiro atoms. The molecule has 1 heterocycles. The molecule has 0 aliphatic carbocycles. The summed E-state index contributed by atoms with van der Waals surface area (Å²) in [5.74, 6) is 0.359. The summed E-state index contributed by atoms with van der Waals surface area (Å²) in [5.41, 5.74) is 1.03. The van der Waals surface area contributed by atoms with Gasteiger partial charge in [-0.3, -0.25) is 4.79 Å². The summed E-state index contributed by atoms with van der Waals surface area (Å²) >= 11 is 0. The molecule has 2 rings (SSSR count). The van der Waals surface area contributed by atoms with Crippen LogP contribution in [0.5, 0.6) is 5.75 Å². The molecular weight excluding hydrogens is 292 g/mol. The van der Waals surface area contributed by atoms with Crippen LogP contribution in [0.2, 0.25) is 0 Å². The maximum atomic E-state index is 11.9. The molecule has 1 unspecified atom stereocenters. The van der Waals surface area contributed by atoms with Crippen molar-refractivity contribution in [2.45, 2.75) is 44.1 Å². The molecule has 1 amide bonds. The lowest BCUT2D eigenvalue weighted by molar-refractivity contribution is -0.127. The van der Waals surface area contributed by atoms with Crippen molar-refractivity contribution in [2.24, 2.45) is 5.14 Å². The first-order valence-electron chi connectivity index (χ1n) is 6.87. The molecule has 1 aromatic carbocycles. The average Bonchev–Trinajstić information content (AvgIpc) is 2.52. The van der Waals surface area contributed by atoms with Crippen LogP contribution in [-0.2, 0) is 14.8 Å². The number of rotatable bonds is 3. The van der Waals surface area contributed by atoms with Crippen LogP contribution in [0.4, 0.5) is 0 Å². The summed E-state index contributed by atoms with van der Waals surface area (Å²) in [6.07, 6.45) is 1.97. The lowest BCUT2D eigenvalue weighted by Gasteiger charge is -2.18. The number of benzene rings is 1. The number of hydrogen-bond acceptors (Lipinski definition) is 4. The lowest BCUT2D eigenvalue weighted by Crippen LogP contribution is -2.36. The summed E-state index contributed by atoms with van der Waals surface area (Å²) in [5, 5.41) is 8.00. The molecule has 116 valence electrons. The SMILES string of the molecule is Cc1cc(OC2CCCCNC2=O)cc(C)c1S(N)(=O)=O. The fourth-order valence-electron chi connectivity index (χ4n) is 2.62. The van der Waals surface area contributed by atoms with Crippen LogP contribution in [0.3, 0.4) is 0 Å². The number of amides is 1. The molecule has 1 fully saturated rings. The van der Waals surface area contributed by atoms with E-state index in [9.17, 15) is 13.2 Å². The molecule has 3 N–H and O–H groups in total. The van der Waals surface area contributed by atoms with E-state index in [0.29, 0.717) is 29.8 Å². The highest BCUT2D eigenvalue weighted by atomic mass is 32.2. The van der Waals surface area contributed by atoms with Gasteiger partial charge in [0.25, 0.3) is 5.91 Å². The molecular formula is C14H20N2O4S. The van der Waals surface area contributed by atoms with Crippen molar-refractivity contribution < 1.29 is 17.9 Å². The van der Waals surface area contributed by atoms with Gasteiger partial charge >= 0.3 is 0 Å². The predicted octanol–water partition coefficient (Wildman–Crippen LogP) is 0.998. The minimum Gasteiger partial charge on any atom is -0.481 e. The molecule has 0 radical (unpaired) electrons. The predicted molar refractivity (Wildman–Crippen MR) is 78.6 cm³/mol.